The average Bonchev–Trinajstić information content (AvgIpc) is 3.93. The first kappa shape index (κ1) is 40.8. The molecular weight excluding hydrogens is 761 g/mol. The second-order valence-corrected chi connectivity index (χ2v) is 17.7. The van der Waals surface area contributed by atoms with E-state index in [4.69, 9.17) is 18.9 Å². The van der Waals surface area contributed by atoms with E-state index in [1.54, 1.807) is 36.4 Å². The zero-order chi connectivity index (χ0) is 40.0. The van der Waals surface area contributed by atoms with Gasteiger partial charge in [0.25, 0.3) is 11.8 Å². The highest BCUT2D eigenvalue weighted by atomic mass is 32.2. The van der Waals surface area contributed by atoms with Crippen molar-refractivity contribution < 1.29 is 45.4 Å². The third-order valence-corrected chi connectivity index (χ3v) is 13.5. The fraction of sp³-hybridized carbons (Fsp3) is 0.350. The van der Waals surface area contributed by atoms with Gasteiger partial charge in [0.1, 0.15) is 11.5 Å². The molecule has 2 unspecified atom stereocenters. The molecule has 0 radical (unpaired) electrons. The number of benzene rings is 4. The van der Waals surface area contributed by atoms with E-state index in [0.29, 0.717) is 36.1 Å². The van der Waals surface area contributed by atoms with Crippen molar-refractivity contribution in [3.8, 4) is 22.6 Å². The number of hydrogen-bond acceptors (Lipinski definition) is 10. The molecule has 56 heavy (non-hydrogen) atoms. The SMILES string of the molecule is COc1cc(-c2ccc(NC(=O)c3ccc(S(=O)(=O)N(C)CC4CCCO4)cc3)c(OC)c2)ccc1NC(=O)c1ccc(S(=O)(=O)N(C)CC2CCCO2)cc1. The zero-order valence-corrected chi connectivity index (χ0v) is 33.3. The zero-order valence-electron chi connectivity index (χ0n) is 31.7. The number of sulfonamides is 2. The van der Waals surface area contributed by atoms with Gasteiger partial charge < -0.3 is 29.6 Å². The smallest absolute Gasteiger partial charge is 0.255 e. The van der Waals surface area contributed by atoms with Gasteiger partial charge in [0.2, 0.25) is 20.0 Å². The van der Waals surface area contributed by atoms with Crippen LogP contribution in [-0.2, 0) is 29.5 Å². The average molecular weight is 807 g/mol. The molecule has 2 heterocycles. The number of hydrogen-bond donors (Lipinski definition) is 2. The highest BCUT2D eigenvalue weighted by molar-refractivity contribution is 7.89. The molecule has 16 heteroatoms. The van der Waals surface area contributed by atoms with E-state index in [2.05, 4.69) is 10.6 Å². The van der Waals surface area contributed by atoms with Crippen LogP contribution >= 0.6 is 0 Å². The van der Waals surface area contributed by atoms with Crippen LogP contribution < -0.4 is 20.1 Å². The number of nitrogens with zero attached hydrogens (tertiary/aromatic N) is 2. The highest BCUT2D eigenvalue weighted by Gasteiger charge is 2.28. The Hall–Kier alpha value is -4.84. The van der Waals surface area contributed by atoms with Crippen molar-refractivity contribution in [2.75, 3.05) is 65.3 Å². The molecule has 0 aliphatic carbocycles. The van der Waals surface area contributed by atoms with Gasteiger partial charge >= 0.3 is 0 Å². The van der Waals surface area contributed by atoms with Crippen LogP contribution in [0, 0.1) is 0 Å². The Morgan fingerprint density at radius 2 is 1.00 bits per heavy atom. The summed E-state index contributed by atoms with van der Waals surface area (Å²) >= 11 is 0. The molecule has 0 spiro atoms. The van der Waals surface area contributed by atoms with Crippen molar-refractivity contribution >= 4 is 43.2 Å². The molecule has 2 amide bonds. The van der Waals surface area contributed by atoms with Crippen LogP contribution in [0.1, 0.15) is 46.4 Å². The van der Waals surface area contributed by atoms with E-state index >= 15 is 0 Å². The van der Waals surface area contributed by atoms with Crippen LogP contribution in [0.3, 0.4) is 0 Å². The van der Waals surface area contributed by atoms with E-state index in [-0.39, 0.29) is 46.2 Å². The first-order valence-corrected chi connectivity index (χ1v) is 21.0. The normalized spacial score (nSPS) is 17.2. The van der Waals surface area contributed by atoms with Crippen molar-refractivity contribution in [3.05, 3.63) is 96.1 Å². The number of rotatable bonds is 15. The predicted octanol–water partition coefficient (Wildman–Crippen LogP) is 5.47. The summed E-state index contributed by atoms with van der Waals surface area (Å²) in [7, 11) is -1.52. The maximum Gasteiger partial charge on any atom is 0.255 e. The lowest BCUT2D eigenvalue weighted by Crippen LogP contribution is -2.34. The van der Waals surface area contributed by atoms with Crippen molar-refractivity contribution in [3.63, 3.8) is 0 Å². The summed E-state index contributed by atoms with van der Waals surface area (Å²) in [6.07, 6.45) is 3.19. The van der Waals surface area contributed by atoms with Crippen LogP contribution in [0.2, 0.25) is 0 Å². The number of carbonyl (C=O) groups is 2. The molecule has 0 bridgehead atoms. The third-order valence-electron chi connectivity index (χ3n) is 9.85. The molecule has 2 N–H and O–H groups in total. The fourth-order valence-corrected chi connectivity index (χ4v) is 9.00. The fourth-order valence-electron chi connectivity index (χ4n) is 6.60. The Kier molecular flexibility index (Phi) is 12.8. The molecular formula is C40H46N4O10S2. The maximum atomic E-state index is 13.2. The second-order valence-electron chi connectivity index (χ2n) is 13.6. The number of ether oxygens (including phenoxy) is 4. The summed E-state index contributed by atoms with van der Waals surface area (Å²) in [5.41, 5.74) is 2.80. The van der Waals surface area contributed by atoms with Gasteiger partial charge in [0.05, 0.1) is 47.6 Å². The van der Waals surface area contributed by atoms with Crippen LogP contribution in [0.4, 0.5) is 11.4 Å². The molecule has 2 saturated heterocycles. The van der Waals surface area contributed by atoms with Crippen molar-refractivity contribution in [1.29, 1.82) is 0 Å². The van der Waals surface area contributed by atoms with Crippen molar-refractivity contribution in [2.45, 2.75) is 47.7 Å². The Labute approximate surface area is 327 Å². The van der Waals surface area contributed by atoms with Gasteiger partial charge in [0, 0.05) is 51.5 Å². The van der Waals surface area contributed by atoms with Crippen LogP contribution in [-0.4, -0.2) is 104 Å². The van der Waals surface area contributed by atoms with E-state index < -0.39 is 31.9 Å². The summed E-state index contributed by atoms with van der Waals surface area (Å²) in [5.74, 6) is -0.142. The van der Waals surface area contributed by atoms with Gasteiger partial charge in [0.15, 0.2) is 0 Å². The Morgan fingerprint density at radius 3 is 1.32 bits per heavy atom. The number of carbonyl (C=O) groups excluding carboxylic acids is 2. The summed E-state index contributed by atoms with van der Waals surface area (Å²) in [6, 6.07) is 21.9. The molecule has 14 nitrogen and oxygen atoms in total. The predicted molar refractivity (Wildman–Crippen MR) is 211 cm³/mol. The standard InChI is InChI=1S/C40H46N4O10S2/c1-43(25-31-7-5-21-53-31)55(47,48)33-15-9-27(10-16-33)39(45)41-35-19-13-29(23-37(35)51-3)30-14-20-36(38(24-30)52-4)42-40(46)28-11-17-34(18-12-28)56(49,50)44(2)26-32-8-6-22-54-32/h9-20,23-24,31-32H,5-8,21-22,25-26H2,1-4H3,(H,41,45)(H,42,46). The quantitative estimate of drug-likeness (QED) is 0.157. The van der Waals surface area contributed by atoms with Crippen LogP contribution in [0.15, 0.2) is 94.7 Å². The molecule has 0 saturated carbocycles. The molecule has 4 aromatic carbocycles. The number of anilines is 2. The van der Waals surface area contributed by atoms with E-state index in [0.717, 1.165) is 36.8 Å². The first-order valence-electron chi connectivity index (χ1n) is 18.2. The molecule has 298 valence electrons. The van der Waals surface area contributed by atoms with Gasteiger partial charge in [-0.2, -0.15) is 8.61 Å². The third kappa shape index (κ3) is 9.23. The van der Waals surface area contributed by atoms with Gasteiger partial charge in [-0.25, -0.2) is 16.8 Å². The lowest BCUT2D eigenvalue weighted by Gasteiger charge is -2.20. The summed E-state index contributed by atoms with van der Waals surface area (Å²) in [5, 5.41) is 5.67. The molecule has 6 rings (SSSR count). The summed E-state index contributed by atoms with van der Waals surface area (Å²) in [6.45, 7) is 1.78. The van der Waals surface area contributed by atoms with Crippen LogP contribution in [0.25, 0.3) is 11.1 Å². The Morgan fingerprint density at radius 1 is 0.625 bits per heavy atom. The number of nitrogens with one attached hydrogen (secondary N) is 2. The second kappa shape index (κ2) is 17.5. The lowest BCUT2D eigenvalue weighted by molar-refractivity contribution is 0.0978. The van der Waals surface area contributed by atoms with Crippen LogP contribution in [0.5, 0.6) is 11.5 Å². The van der Waals surface area contributed by atoms with E-state index in [9.17, 15) is 26.4 Å². The molecule has 0 aromatic heterocycles. The highest BCUT2D eigenvalue weighted by Crippen LogP contribution is 2.35. The first-order chi connectivity index (χ1) is 26.8. The van der Waals surface area contributed by atoms with Gasteiger partial charge in [-0.3, -0.25) is 9.59 Å². The molecule has 2 aliphatic rings. The monoisotopic (exact) mass is 806 g/mol. The lowest BCUT2D eigenvalue weighted by atomic mass is 10.0. The van der Waals surface area contributed by atoms with E-state index in [1.807, 2.05) is 0 Å². The topological polar surface area (TPSA) is 170 Å². The number of likely N-dealkylation sites (N-methyl/N-ethyl adjacent to an activating group) is 2. The Balaban J connectivity index is 1.09. The van der Waals surface area contributed by atoms with Crippen molar-refractivity contribution in [2.24, 2.45) is 0 Å². The van der Waals surface area contributed by atoms with Gasteiger partial charge in [-0.05, 0) is 110 Å². The molecule has 2 fully saturated rings. The minimum Gasteiger partial charge on any atom is -0.495 e. The Bertz CT molecular complexity index is 2090. The minimum absolute atomic E-state index is 0.0775. The van der Waals surface area contributed by atoms with E-state index in [1.165, 1.54) is 85.5 Å². The number of methoxy groups -OCH3 is 2. The molecule has 2 atom stereocenters. The number of amides is 2. The van der Waals surface area contributed by atoms with Crippen molar-refractivity contribution in [1.82, 2.24) is 8.61 Å². The van der Waals surface area contributed by atoms with Gasteiger partial charge in [-0.15, -0.1) is 0 Å². The summed E-state index contributed by atoms with van der Waals surface area (Å²) in [4.78, 5) is 26.5. The molecule has 2 aliphatic heterocycles. The maximum absolute atomic E-state index is 13.2. The minimum atomic E-state index is -3.76. The molecule has 4 aromatic rings. The van der Waals surface area contributed by atoms with Gasteiger partial charge in [-0.1, -0.05) is 12.1 Å². The largest absolute Gasteiger partial charge is 0.495 e. The summed E-state index contributed by atoms with van der Waals surface area (Å²) < 4.78 is 77.3.